The second-order valence-electron chi connectivity index (χ2n) is 3.03. The Bertz CT molecular complexity index is 215. The molecule has 0 atom stereocenters. The van der Waals surface area contributed by atoms with Gasteiger partial charge in [0, 0.05) is 11.9 Å². The quantitative estimate of drug-likeness (QED) is 0.565. The zero-order valence-corrected chi connectivity index (χ0v) is 8.81. The van der Waals surface area contributed by atoms with E-state index in [1.54, 1.807) is 0 Å². The molecule has 0 heterocycles. The molecule has 0 bridgehead atoms. The topological polar surface area (TPSA) is 12.4 Å². The summed E-state index contributed by atoms with van der Waals surface area (Å²) in [6.07, 6.45) is 4.85. The number of hydrogen-bond acceptors (Lipinski definition) is 1. The number of aliphatic imine (C=N–C) groups is 1. The Morgan fingerprint density at radius 1 is 1.25 bits per heavy atom. The highest BCUT2D eigenvalue weighted by Gasteiger charge is 1.99. The van der Waals surface area contributed by atoms with E-state index in [2.05, 4.69) is 32.7 Å². The molecule has 68 valence electrons. The Morgan fingerprint density at radius 2 is 1.83 bits per heavy atom. The monoisotopic (exact) mass is 165 g/mol. The molecule has 0 amide bonds. The summed E-state index contributed by atoms with van der Waals surface area (Å²) in [6, 6.07) is 0. The predicted octanol–water partition coefficient (Wildman–Crippen LogP) is 3.73. The van der Waals surface area contributed by atoms with Gasteiger partial charge in [-0.3, -0.25) is 4.99 Å². The van der Waals surface area contributed by atoms with Crippen molar-refractivity contribution in [3.63, 3.8) is 0 Å². The fourth-order valence-electron chi connectivity index (χ4n) is 1.24. The number of nitrogens with zero attached hydrogens (tertiary/aromatic N) is 1. The van der Waals surface area contributed by atoms with Crippen LogP contribution < -0.4 is 0 Å². The Kier molecular flexibility index (Phi) is 5.35. The highest BCUT2D eigenvalue weighted by molar-refractivity contribution is 5.99. The molecule has 0 saturated heterocycles. The largest absolute Gasteiger partial charge is 0.262 e. The Morgan fingerprint density at radius 3 is 2.17 bits per heavy atom. The predicted molar refractivity (Wildman–Crippen MR) is 56.6 cm³/mol. The van der Waals surface area contributed by atoms with Crippen LogP contribution in [-0.2, 0) is 0 Å². The van der Waals surface area contributed by atoms with Gasteiger partial charge in [0.15, 0.2) is 0 Å². The highest BCUT2D eigenvalue weighted by atomic mass is 14.7. The van der Waals surface area contributed by atoms with Gasteiger partial charge in [-0.2, -0.15) is 0 Å². The van der Waals surface area contributed by atoms with Gasteiger partial charge in [-0.25, -0.2) is 0 Å². The summed E-state index contributed by atoms with van der Waals surface area (Å²) in [6.45, 7) is 10.5. The third-order valence-electron chi connectivity index (χ3n) is 1.81. The second kappa shape index (κ2) is 5.76. The van der Waals surface area contributed by atoms with Crippen LogP contribution in [0.25, 0.3) is 0 Å². The van der Waals surface area contributed by atoms with E-state index in [4.69, 9.17) is 0 Å². The van der Waals surface area contributed by atoms with Crippen molar-refractivity contribution in [1.82, 2.24) is 0 Å². The van der Waals surface area contributed by atoms with Crippen molar-refractivity contribution < 1.29 is 0 Å². The van der Waals surface area contributed by atoms with Crippen molar-refractivity contribution in [3.8, 4) is 0 Å². The molecule has 1 heteroatoms. The lowest BCUT2D eigenvalue weighted by Gasteiger charge is -2.05. The molecule has 0 aromatic carbocycles. The highest BCUT2D eigenvalue weighted by Crippen LogP contribution is 2.10. The SMILES string of the molecule is C/C=C\N=C(C)C(CC)=C(C)C. The molecule has 0 spiro atoms. The van der Waals surface area contributed by atoms with Crippen LogP contribution >= 0.6 is 0 Å². The maximum atomic E-state index is 4.31. The van der Waals surface area contributed by atoms with E-state index in [-0.39, 0.29) is 0 Å². The first-order chi connectivity index (χ1) is 5.63. The molecule has 1 nitrogen and oxygen atoms in total. The van der Waals surface area contributed by atoms with Gasteiger partial charge in [-0.1, -0.05) is 18.6 Å². The van der Waals surface area contributed by atoms with E-state index < -0.39 is 0 Å². The zero-order valence-electron chi connectivity index (χ0n) is 8.81. The van der Waals surface area contributed by atoms with E-state index in [0.29, 0.717) is 0 Å². The van der Waals surface area contributed by atoms with Crippen molar-refractivity contribution in [2.24, 2.45) is 4.99 Å². The van der Waals surface area contributed by atoms with Gasteiger partial charge in [0.25, 0.3) is 0 Å². The molecule has 0 aromatic rings. The van der Waals surface area contributed by atoms with E-state index in [9.17, 15) is 0 Å². The Balaban J connectivity index is 4.65. The van der Waals surface area contributed by atoms with Gasteiger partial charge in [0.05, 0.1) is 0 Å². The summed E-state index contributed by atoms with van der Waals surface area (Å²) >= 11 is 0. The van der Waals surface area contributed by atoms with Gasteiger partial charge >= 0.3 is 0 Å². The van der Waals surface area contributed by atoms with Gasteiger partial charge in [-0.15, -0.1) is 0 Å². The second-order valence-corrected chi connectivity index (χ2v) is 3.03. The average molecular weight is 165 g/mol. The molecule has 0 fully saturated rings. The summed E-state index contributed by atoms with van der Waals surface area (Å²) in [5.41, 5.74) is 3.87. The summed E-state index contributed by atoms with van der Waals surface area (Å²) in [5, 5.41) is 0. The van der Waals surface area contributed by atoms with E-state index >= 15 is 0 Å². The molecule has 0 aliphatic carbocycles. The third kappa shape index (κ3) is 3.51. The minimum absolute atomic E-state index is 1.06. The molecule has 0 radical (unpaired) electrons. The summed E-state index contributed by atoms with van der Waals surface area (Å²) in [7, 11) is 0. The molecule has 0 saturated carbocycles. The molecule has 0 aromatic heterocycles. The van der Waals surface area contributed by atoms with E-state index in [0.717, 1.165) is 12.1 Å². The fraction of sp³-hybridized carbons (Fsp3) is 0.545. The van der Waals surface area contributed by atoms with Crippen LogP contribution in [0.3, 0.4) is 0 Å². The van der Waals surface area contributed by atoms with Crippen LogP contribution in [0.5, 0.6) is 0 Å². The molecule has 0 aliphatic rings. The van der Waals surface area contributed by atoms with Crippen LogP contribution in [0.2, 0.25) is 0 Å². The van der Waals surface area contributed by atoms with Crippen molar-refractivity contribution >= 4 is 5.71 Å². The fourth-order valence-corrected chi connectivity index (χ4v) is 1.24. The van der Waals surface area contributed by atoms with Gasteiger partial charge in [0.1, 0.15) is 0 Å². The maximum Gasteiger partial charge on any atom is 0.0403 e. The normalized spacial score (nSPS) is 12.2. The van der Waals surface area contributed by atoms with Crippen molar-refractivity contribution in [1.29, 1.82) is 0 Å². The third-order valence-corrected chi connectivity index (χ3v) is 1.81. The zero-order chi connectivity index (χ0) is 9.56. The maximum absolute atomic E-state index is 4.31. The molecule has 0 aliphatic heterocycles. The standard InChI is InChI=1S/C11H19N/c1-6-8-12-10(5)11(7-2)9(3)4/h6,8H,7H2,1-5H3/b8-6-,12-10?. The molecular weight excluding hydrogens is 146 g/mol. The first kappa shape index (κ1) is 11.2. The molecule has 0 rings (SSSR count). The Labute approximate surface area is 75.9 Å². The number of rotatable bonds is 3. The van der Waals surface area contributed by atoms with Gasteiger partial charge < -0.3 is 0 Å². The summed E-state index contributed by atoms with van der Waals surface area (Å²) in [5.74, 6) is 0. The molecule has 12 heavy (non-hydrogen) atoms. The first-order valence-corrected chi connectivity index (χ1v) is 4.45. The van der Waals surface area contributed by atoms with Crippen LogP contribution in [0.1, 0.15) is 41.0 Å². The average Bonchev–Trinajstić information content (AvgIpc) is 2.01. The van der Waals surface area contributed by atoms with Crippen LogP contribution in [0.15, 0.2) is 28.4 Å². The van der Waals surface area contributed by atoms with Crippen LogP contribution in [-0.4, -0.2) is 5.71 Å². The van der Waals surface area contributed by atoms with E-state index in [1.165, 1.54) is 11.1 Å². The number of hydrogen-bond donors (Lipinski definition) is 0. The summed E-state index contributed by atoms with van der Waals surface area (Å²) < 4.78 is 0. The van der Waals surface area contributed by atoms with Crippen molar-refractivity contribution in [2.45, 2.75) is 41.0 Å². The lowest BCUT2D eigenvalue weighted by molar-refractivity contribution is 1.11. The Hall–Kier alpha value is -0.850. The number of allylic oxidation sites excluding steroid dienone is 3. The lowest BCUT2D eigenvalue weighted by Crippen LogP contribution is -1.97. The minimum atomic E-state index is 1.06. The molecule has 0 N–H and O–H groups in total. The van der Waals surface area contributed by atoms with Crippen molar-refractivity contribution in [2.75, 3.05) is 0 Å². The van der Waals surface area contributed by atoms with E-state index in [1.807, 2.05) is 19.2 Å². The lowest BCUT2D eigenvalue weighted by atomic mass is 10.0. The van der Waals surface area contributed by atoms with Gasteiger partial charge in [0.2, 0.25) is 0 Å². The molecular formula is C11H19N. The molecule has 0 unspecified atom stereocenters. The van der Waals surface area contributed by atoms with Crippen molar-refractivity contribution in [3.05, 3.63) is 23.4 Å². The first-order valence-electron chi connectivity index (χ1n) is 4.45. The minimum Gasteiger partial charge on any atom is -0.262 e. The smallest absolute Gasteiger partial charge is 0.0403 e. The van der Waals surface area contributed by atoms with Crippen LogP contribution in [0, 0.1) is 0 Å². The summed E-state index contributed by atoms with van der Waals surface area (Å²) in [4.78, 5) is 4.31. The van der Waals surface area contributed by atoms with Gasteiger partial charge in [-0.05, 0) is 39.7 Å². The van der Waals surface area contributed by atoms with Crippen LogP contribution in [0.4, 0.5) is 0 Å².